The molecule has 3 N–H and O–H groups in total. The van der Waals surface area contributed by atoms with Gasteiger partial charge in [-0.25, -0.2) is 9.97 Å². The first-order chi connectivity index (χ1) is 9.08. The maximum Gasteiger partial charge on any atom is 0.288 e. The molecule has 0 spiro atoms. The van der Waals surface area contributed by atoms with Crippen LogP contribution in [-0.2, 0) is 0 Å². The van der Waals surface area contributed by atoms with E-state index in [1.165, 1.54) is 18.6 Å². The van der Waals surface area contributed by atoms with Crippen molar-refractivity contribution in [1.29, 1.82) is 0 Å². The largest absolute Gasteiger partial charge is 0.383 e. The molecule has 1 amide bonds. The molecule has 0 aliphatic carbocycles. The predicted octanol–water partition coefficient (Wildman–Crippen LogP) is 0.614. The Balaban J connectivity index is 2.28. The van der Waals surface area contributed by atoms with Crippen LogP contribution < -0.4 is 11.1 Å². The molecule has 2 aromatic heterocycles. The number of hydrogen-bond donors (Lipinski definition) is 2. The van der Waals surface area contributed by atoms with E-state index in [1.54, 1.807) is 0 Å². The molecule has 2 rings (SSSR count). The number of carbonyl (C=O) groups excluding carboxylic acids is 1. The van der Waals surface area contributed by atoms with Crippen LogP contribution in [0.2, 0.25) is 0 Å². The molecule has 0 aromatic carbocycles. The van der Waals surface area contributed by atoms with E-state index < -0.39 is 10.8 Å². The van der Waals surface area contributed by atoms with Crippen molar-refractivity contribution in [1.82, 2.24) is 15.0 Å². The van der Waals surface area contributed by atoms with Crippen LogP contribution in [0.4, 0.5) is 17.3 Å². The van der Waals surface area contributed by atoms with Crippen LogP contribution in [0.3, 0.4) is 0 Å². The monoisotopic (exact) mass is 260 g/mol. The number of amides is 1. The molecule has 0 aliphatic heterocycles. The molecule has 0 saturated heterocycles. The van der Waals surface area contributed by atoms with E-state index in [-0.39, 0.29) is 22.9 Å². The lowest BCUT2D eigenvalue weighted by atomic mass is 10.2. The smallest absolute Gasteiger partial charge is 0.288 e. The molecular formula is C10H8N6O3. The minimum atomic E-state index is -0.661. The molecule has 0 bridgehead atoms. The molecule has 96 valence electrons. The van der Waals surface area contributed by atoms with Gasteiger partial charge in [0.1, 0.15) is 12.0 Å². The summed E-state index contributed by atoms with van der Waals surface area (Å²) in [5, 5.41) is 13.0. The molecule has 0 unspecified atom stereocenters. The first-order valence-electron chi connectivity index (χ1n) is 5.05. The Labute approximate surface area is 106 Å². The number of nitrogens with zero attached hydrogens (tertiary/aromatic N) is 4. The van der Waals surface area contributed by atoms with E-state index in [4.69, 9.17) is 5.73 Å². The highest BCUT2D eigenvalue weighted by molar-refractivity contribution is 6.07. The second-order valence-electron chi connectivity index (χ2n) is 3.43. The van der Waals surface area contributed by atoms with Crippen molar-refractivity contribution in [3.8, 4) is 0 Å². The topological polar surface area (TPSA) is 137 Å². The number of carbonyl (C=O) groups is 1. The summed E-state index contributed by atoms with van der Waals surface area (Å²) >= 11 is 0. The fraction of sp³-hybridized carbons (Fsp3) is 0. The lowest BCUT2D eigenvalue weighted by molar-refractivity contribution is -0.385. The van der Waals surface area contributed by atoms with E-state index in [2.05, 4.69) is 20.3 Å². The van der Waals surface area contributed by atoms with Crippen LogP contribution in [0.1, 0.15) is 10.4 Å². The van der Waals surface area contributed by atoms with Crippen molar-refractivity contribution in [2.24, 2.45) is 0 Å². The maximum absolute atomic E-state index is 11.9. The first kappa shape index (κ1) is 12.4. The molecule has 0 aliphatic rings. The quantitative estimate of drug-likeness (QED) is 0.609. The van der Waals surface area contributed by atoms with Gasteiger partial charge in [0.25, 0.3) is 11.6 Å². The molecule has 0 atom stereocenters. The molecule has 0 radical (unpaired) electrons. The second-order valence-corrected chi connectivity index (χ2v) is 3.43. The van der Waals surface area contributed by atoms with Crippen molar-refractivity contribution >= 4 is 23.2 Å². The van der Waals surface area contributed by atoms with Gasteiger partial charge in [-0.1, -0.05) is 0 Å². The van der Waals surface area contributed by atoms with E-state index in [1.807, 2.05) is 0 Å². The van der Waals surface area contributed by atoms with Crippen molar-refractivity contribution in [2.45, 2.75) is 0 Å². The molecule has 2 aromatic rings. The zero-order chi connectivity index (χ0) is 13.8. The Bertz CT molecular complexity index is 630. The highest BCUT2D eigenvalue weighted by Gasteiger charge is 2.17. The number of rotatable bonds is 3. The van der Waals surface area contributed by atoms with Crippen molar-refractivity contribution < 1.29 is 9.72 Å². The molecule has 2 heterocycles. The van der Waals surface area contributed by atoms with Gasteiger partial charge in [0.2, 0.25) is 0 Å². The third kappa shape index (κ3) is 2.77. The normalized spacial score (nSPS) is 9.89. The van der Waals surface area contributed by atoms with Crippen molar-refractivity contribution in [3.63, 3.8) is 0 Å². The lowest BCUT2D eigenvalue weighted by Gasteiger charge is -2.05. The SMILES string of the molecule is Nc1ncc([N+](=O)[O-])cc1C(=O)Nc1cnccn1. The lowest BCUT2D eigenvalue weighted by Crippen LogP contribution is -2.16. The number of hydrogen-bond acceptors (Lipinski definition) is 7. The van der Waals surface area contributed by atoms with Gasteiger partial charge in [-0.2, -0.15) is 0 Å². The molecule has 9 heteroatoms. The molecule has 19 heavy (non-hydrogen) atoms. The van der Waals surface area contributed by atoms with Gasteiger partial charge in [-0.05, 0) is 0 Å². The van der Waals surface area contributed by atoms with Gasteiger partial charge < -0.3 is 11.1 Å². The Morgan fingerprint density at radius 3 is 2.74 bits per heavy atom. The van der Waals surface area contributed by atoms with Crippen molar-refractivity contribution in [2.75, 3.05) is 11.1 Å². The van der Waals surface area contributed by atoms with Gasteiger partial charge in [0, 0.05) is 18.5 Å². The number of nitrogens with two attached hydrogens (primary N) is 1. The third-order valence-corrected chi connectivity index (χ3v) is 2.16. The number of anilines is 2. The van der Waals surface area contributed by atoms with Crippen molar-refractivity contribution in [3.05, 3.63) is 46.5 Å². The fourth-order valence-corrected chi connectivity index (χ4v) is 1.29. The Morgan fingerprint density at radius 2 is 2.11 bits per heavy atom. The van der Waals surface area contributed by atoms with Crippen LogP contribution in [0, 0.1) is 10.1 Å². The second kappa shape index (κ2) is 5.04. The Kier molecular flexibility index (Phi) is 3.28. The summed E-state index contributed by atoms with van der Waals surface area (Å²) in [5.74, 6) is -0.542. The molecular weight excluding hydrogens is 252 g/mol. The average Bonchev–Trinajstić information content (AvgIpc) is 2.40. The minimum absolute atomic E-state index is 0.0974. The molecule has 0 saturated carbocycles. The number of nitrogen functional groups attached to an aromatic ring is 1. The standard InChI is InChI=1S/C10H8N6O3/c11-9-7(3-6(4-14-9)16(18)19)10(17)15-8-5-12-1-2-13-8/h1-5H,(H2,11,14)(H,13,15,17). The van der Waals surface area contributed by atoms with Gasteiger partial charge in [0.05, 0.1) is 16.7 Å². The van der Waals surface area contributed by atoms with Crippen LogP contribution in [-0.4, -0.2) is 25.8 Å². The molecule has 9 nitrogen and oxygen atoms in total. The van der Waals surface area contributed by atoms with Crippen LogP contribution in [0.25, 0.3) is 0 Å². The summed E-state index contributed by atoms with van der Waals surface area (Å²) in [5.41, 5.74) is 5.10. The fourth-order valence-electron chi connectivity index (χ4n) is 1.29. The van der Waals surface area contributed by atoms with Gasteiger partial charge in [-0.3, -0.25) is 19.9 Å². The highest BCUT2D eigenvalue weighted by atomic mass is 16.6. The summed E-state index contributed by atoms with van der Waals surface area (Å²) < 4.78 is 0. The zero-order valence-corrected chi connectivity index (χ0v) is 9.48. The number of pyridine rings is 1. The number of aromatic nitrogens is 3. The van der Waals surface area contributed by atoms with E-state index in [9.17, 15) is 14.9 Å². The summed E-state index contributed by atoms with van der Waals surface area (Å²) in [4.78, 5) is 33.1. The predicted molar refractivity (Wildman–Crippen MR) is 65.3 cm³/mol. The average molecular weight is 260 g/mol. The number of nitrogens with one attached hydrogen (secondary N) is 1. The summed E-state index contributed by atoms with van der Waals surface area (Å²) in [7, 11) is 0. The van der Waals surface area contributed by atoms with Crippen LogP contribution in [0.15, 0.2) is 30.9 Å². The Morgan fingerprint density at radius 1 is 1.32 bits per heavy atom. The van der Waals surface area contributed by atoms with Gasteiger partial charge in [0.15, 0.2) is 5.82 Å². The highest BCUT2D eigenvalue weighted by Crippen LogP contribution is 2.17. The number of nitro groups is 1. The maximum atomic E-state index is 11.9. The van der Waals surface area contributed by atoms with Gasteiger partial charge in [-0.15, -0.1) is 0 Å². The zero-order valence-electron chi connectivity index (χ0n) is 9.48. The van der Waals surface area contributed by atoms with E-state index in [0.717, 1.165) is 12.3 Å². The van der Waals surface area contributed by atoms with Crippen LogP contribution >= 0.6 is 0 Å². The first-order valence-corrected chi connectivity index (χ1v) is 5.05. The molecule has 0 fully saturated rings. The summed E-state index contributed by atoms with van der Waals surface area (Å²) in [6.45, 7) is 0. The third-order valence-electron chi connectivity index (χ3n) is 2.16. The van der Waals surface area contributed by atoms with Crippen LogP contribution in [0.5, 0.6) is 0 Å². The summed E-state index contributed by atoms with van der Waals surface area (Å²) in [6.07, 6.45) is 5.15. The van der Waals surface area contributed by atoms with Gasteiger partial charge >= 0.3 is 0 Å². The Hall–Kier alpha value is -3.10. The minimum Gasteiger partial charge on any atom is -0.383 e. The van der Waals surface area contributed by atoms with E-state index in [0.29, 0.717) is 0 Å². The summed E-state index contributed by atoms with van der Waals surface area (Å²) in [6, 6.07) is 1.05. The van der Waals surface area contributed by atoms with E-state index >= 15 is 0 Å².